The van der Waals surface area contributed by atoms with Gasteiger partial charge in [0.1, 0.15) is 0 Å². The zero-order valence-electron chi connectivity index (χ0n) is 20.1. The fourth-order valence-corrected chi connectivity index (χ4v) is 10.3. The van der Waals surface area contributed by atoms with Gasteiger partial charge in [0.2, 0.25) is 0 Å². The van der Waals surface area contributed by atoms with Gasteiger partial charge in [-0.2, -0.15) is 0 Å². The Bertz CT molecular complexity index is 716. The van der Waals surface area contributed by atoms with Gasteiger partial charge in [-0.05, 0) is 97.7 Å². The molecule has 2 N–H and O–H groups in total. The Morgan fingerprint density at radius 3 is 2.39 bits per heavy atom. The topological polar surface area (TPSA) is 58.9 Å². The molecule has 4 heteroatoms. The van der Waals surface area contributed by atoms with E-state index in [2.05, 4.69) is 27.7 Å². The van der Waals surface area contributed by atoms with E-state index in [-0.39, 0.29) is 11.2 Å². The number of ether oxygens (including phenoxy) is 2. The second kappa shape index (κ2) is 6.93. The van der Waals surface area contributed by atoms with E-state index in [0.717, 1.165) is 37.7 Å². The standard InChI is InChI=1S/C27H44O4/c1-15-7-10-27(30-14-15)16(2)24-23(31-27)12-20-18-6-5-17-11-21(28)22(29)13-26(17,4)19(18)8-9-25(20,24)3/h15-24,28-29H,5-14H2,1-4H3/t15-,16+,17+,18-,19+,20+,21-,22-,23+,24+,25+,26+,27-/m0/s1. The third kappa shape index (κ3) is 2.80. The molecule has 0 radical (unpaired) electrons. The second-order valence-corrected chi connectivity index (χ2v) is 13.2. The molecule has 2 saturated heterocycles. The summed E-state index contributed by atoms with van der Waals surface area (Å²) in [6.07, 6.45) is 9.51. The molecule has 0 bridgehead atoms. The van der Waals surface area contributed by atoms with Gasteiger partial charge in [-0.3, -0.25) is 0 Å². The Labute approximate surface area is 188 Å². The van der Waals surface area contributed by atoms with E-state index in [1.165, 1.54) is 38.5 Å². The Morgan fingerprint density at radius 1 is 0.839 bits per heavy atom. The third-order valence-electron chi connectivity index (χ3n) is 12.0. The van der Waals surface area contributed by atoms with Gasteiger partial charge in [0, 0.05) is 12.3 Å². The largest absolute Gasteiger partial charge is 0.390 e. The Morgan fingerprint density at radius 2 is 1.65 bits per heavy atom. The fourth-order valence-electron chi connectivity index (χ4n) is 10.3. The predicted octanol–water partition coefficient (Wildman–Crippen LogP) is 4.76. The van der Waals surface area contributed by atoms with Crippen LogP contribution in [-0.4, -0.2) is 40.9 Å². The summed E-state index contributed by atoms with van der Waals surface area (Å²) < 4.78 is 13.3. The van der Waals surface area contributed by atoms with Crippen LogP contribution < -0.4 is 0 Å². The van der Waals surface area contributed by atoms with Gasteiger partial charge in [0.25, 0.3) is 0 Å². The lowest BCUT2D eigenvalue weighted by Gasteiger charge is -2.61. The van der Waals surface area contributed by atoms with Crippen molar-refractivity contribution in [2.24, 2.45) is 52.3 Å². The average molecular weight is 433 g/mol. The number of rotatable bonds is 0. The Kier molecular flexibility index (Phi) is 4.78. The summed E-state index contributed by atoms with van der Waals surface area (Å²) in [5, 5.41) is 20.9. The van der Waals surface area contributed by atoms with Crippen LogP contribution in [0.3, 0.4) is 0 Å². The van der Waals surface area contributed by atoms with Crippen molar-refractivity contribution >= 4 is 0 Å². The molecule has 0 amide bonds. The van der Waals surface area contributed by atoms with Gasteiger partial charge < -0.3 is 19.7 Å². The van der Waals surface area contributed by atoms with Crippen molar-refractivity contribution < 1.29 is 19.7 Å². The highest BCUT2D eigenvalue weighted by Crippen LogP contribution is 2.71. The molecule has 13 atom stereocenters. The lowest BCUT2D eigenvalue weighted by molar-refractivity contribution is -0.273. The predicted molar refractivity (Wildman–Crippen MR) is 119 cm³/mol. The van der Waals surface area contributed by atoms with Crippen LogP contribution in [0.5, 0.6) is 0 Å². The highest BCUT2D eigenvalue weighted by atomic mass is 16.7. The number of fused-ring (bicyclic) bond motifs is 7. The van der Waals surface area contributed by atoms with E-state index in [0.29, 0.717) is 41.1 Å². The minimum atomic E-state index is -0.537. The molecule has 2 aliphatic heterocycles. The monoisotopic (exact) mass is 432 g/mol. The van der Waals surface area contributed by atoms with Crippen molar-refractivity contribution in [3.63, 3.8) is 0 Å². The minimum absolute atomic E-state index is 0.191. The first kappa shape index (κ1) is 21.4. The highest BCUT2D eigenvalue weighted by Gasteiger charge is 2.69. The quantitative estimate of drug-likeness (QED) is 0.579. The van der Waals surface area contributed by atoms with Crippen molar-refractivity contribution in [1.29, 1.82) is 0 Å². The maximum atomic E-state index is 10.6. The lowest BCUT2D eigenvalue weighted by Crippen LogP contribution is -2.57. The molecule has 0 unspecified atom stereocenters. The first-order chi connectivity index (χ1) is 14.7. The molecular formula is C27H44O4. The SMILES string of the molecule is C[C@H]1CC[C@]2(OC1)O[C@@H]1C[C@@H]3[C@H]4CC[C@@H]5C[C@H](O)[C@@H](O)C[C@@]5(C)[C@@H]4CC[C@@]3(C)[C@@H]1[C@H]2C. The van der Waals surface area contributed by atoms with Crippen LogP contribution in [0, 0.1) is 52.3 Å². The minimum Gasteiger partial charge on any atom is -0.390 e. The lowest BCUT2D eigenvalue weighted by atomic mass is 9.44. The molecule has 176 valence electrons. The fraction of sp³-hybridized carbons (Fsp3) is 1.00. The van der Waals surface area contributed by atoms with Crippen LogP contribution >= 0.6 is 0 Å². The van der Waals surface area contributed by atoms with Crippen LogP contribution in [0.15, 0.2) is 0 Å². The second-order valence-electron chi connectivity index (χ2n) is 13.2. The van der Waals surface area contributed by atoms with Gasteiger partial charge in [-0.15, -0.1) is 0 Å². The number of aliphatic hydroxyl groups excluding tert-OH is 2. The van der Waals surface area contributed by atoms with Crippen molar-refractivity contribution in [3.05, 3.63) is 0 Å². The average Bonchev–Trinajstić information content (AvgIpc) is 3.16. The molecule has 0 aromatic heterocycles. The van der Waals surface area contributed by atoms with E-state index in [1.807, 2.05) is 0 Å². The Hall–Kier alpha value is -0.160. The summed E-state index contributed by atoms with van der Waals surface area (Å²) in [6.45, 7) is 10.6. The summed E-state index contributed by atoms with van der Waals surface area (Å²) in [5.74, 6) is 4.21. The van der Waals surface area contributed by atoms with E-state index in [4.69, 9.17) is 9.47 Å². The molecule has 0 aromatic rings. The normalized spacial score (nSPS) is 63.3. The maximum absolute atomic E-state index is 10.6. The van der Waals surface area contributed by atoms with Crippen LogP contribution in [0.4, 0.5) is 0 Å². The van der Waals surface area contributed by atoms with Gasteiger partial charge in [-0.25, -0.2) is 0 Å². The molecule has 0 aromatic carbocycles. The maximum Gasteiger partial charge on any atom is 0.171 e. The molecule has 6 rings (SSSR count). The summed E-state index contributed by atoms with van der Waals surface area (Å²) in [4.78, 5) is 0. The van der Waals surface area contributed by atoms with Crippen molar-refractivity contribution in [1.82, 2.24) is 0 Å². The number of aliphatic hydroxyl groups is 2. The molecule has 2 heterocycles. The van der Waals surface area contributed by atoms with E-state index >= 15 is 0 Å². The van der Waals surface area contributed by atoms with Crippen molar-refractivity contribution in [2.45, 2.75) is 110 Å². The Balaban J connectivity index is 1.26. The van der Waals surface area contributed by atoms with Crippen LogP contribution in [-0.2, 0) is 9.47 Å². The van der Waals surface area contributed by atoms with Gasteiger partial charge in [-0.1, -0.05) is 27.7 Å². The molecule has 1 spiro atoms. The van der Waals surface area contributed by atoms with Crippen molar-refractivity contribution in [2.75, 3.05) is 6.61 Å². The first-order valence-electron chi connectivity index (χ1n) is 13.4. The molecule has 6 fully saturated rings. The van der Waals surface area contributed by atoms with E-state index in [1.54, 1.807) is 0 Å². The molecule has 31 heavy (non-hydrogen) atoms. The van der Waals surface area contributed by atoms with E-state index < -0.39 is 12.2 Å². The number of hydrogen-bond acceptors (Lipinski definition) is 4. The third-order valence-corrected chi connectivity index (χ3v) is 12.0. The van der Waals surface area contributed by atoms with Gasteiger partial charge in [0.15, 0.2) is 5.79 Å². The highest BCUT2D eigenvalue weighted by molar-refractivity contribution is 5.15. The molecule has 4 saturated carbocycles. The summed E-state index contributed by atoms with van der Waals surface area (Å²) in [6, 6.07) is 0. The number of hydrogen-bond donors (Lipinski definition) is 2. The zero-order valence-corrected chi connectivity index (χ0v) is 20.1. The van der Waals surface area contributed by atoms with Crippen molar-refractivity contribution in [3.8, 4) is 0 Å². The van der Waals surface area contributed by atoms with Crippen LogP contribution in [0.2, 0.25) is 0 Å². The van der Waals surface area contributed by atoms with Gasteiger partial charge >= 0.3 is 0 Å². The summed E-state index contributed by atoms with van der Waals surface area (Å²) >= 11 is 0. The van der Waals surface area contributed by atoms with Gasteiger partial charge in [0.05, 0.1) is 24.9 Å². The summed E-state index contributed by atoms with van der Waals surface area (Å²) in [5.41, 5.74) is 0.550. The first-order valence-corrected chi connectivity index (χ1v) is 13.4. The van der Waals surface area contributed by atoms with Crippen LogP contribution in [0.25, 0.3) is 0 Å². The molecule has 4 nitrogen and oxygen atoms in total. The van der Waals surface area contributed by atoms with E-state index in [9.17, 15) is 10.2 Å². The molecule has 4 aliphatic carbocycles. The smallest absolute Gasteiger partial charge is 0.171 e. The zero-order chi connectivity index (χ0) is 21.8. The molecule has 6 aliphatic rings. The van der Waals surface area contributed by atoms with Crippen LogP contribution in [0.1, 0.15) is 85.5 Å². The molecular weight excluding hydrogens is 388 g/mol. The summed E-state index contributed by atoms with van der Waals surface area (Å²) in [7, 11) is 0.